The molecule has 0 amide bonds. The van der Waals surface area contributed by atoms with Gasteiger partial charge in [0.25, 0.3) is 0 Å². The molecule has 0 aromatic heterocycles. The Bertz CT molecular complexity index is 214. The fourth-order valence-electron chi connectivity index (χ4n) is 0.686. The second-order valence-corrected chi connectivity index (χ2v) is 4.40. The Labute approximate surface area is 96.1 Å². The number of nitrogens with one attached hydrogen (secondary N) is 1. The molecule has 0 spiro atoms. The van der Waals surface area contributed by atoms with Gasteiger partial charge in [-0.2, -0.15) is 0 Å². The summed E-state index contributed by atoms with van der Waals surface area (Å²) in [4.78, 5) is 17.4. The first-order chi connectivity index (χ1) is 7.54. The quantitative estimate of drug-likeness (QED) is 0.300. The number of carbonyl (C=O) groups excluding carboxylic acids is 1. The van der Waals surface area contributed by atoms with Crippen LogP contribution in [0.3, 0.4) is 0 Å². The van der Waals surface area contributed by atoms with Crippen molar-refractivity contribution in [1.29, 1.82) is 5.41 Å². The van der Waals surface area contributed by atoms with E-state index in [1.807, 2.05) is 13.8 Å². The summed E-state index contributed by atoms with van der Waals surface area (Å²) in [5.41, 5.74) is 0. The summed E-state index contributed by atoms with van der Waals surface area (Å²) < 4.78 is 20.5. The molecule has 0 saturated heterocycles. The zero-order valence-electron chi connectivity index (χ0n) is 9.77. The number of phosphoric acid groups is 1. The van der Waals surface area contributed by atoms with E-state index in [0.29, 0.717) is 0 Å². The maximum atomic E-state index is 11.1. The summed E-state index contributed by atoms with van der Waals surface area (Å²) in [6.45, 7) is 4.56. The van der Waals surface area contributed by atoms with Crippen molar-refractivity contribution in [2.75, 3.05) is 13.2 Å². The normalized spacial score (nSPS) is 10.2. The number of rotatable bonds is 8. The molecule has 0 unspecified atom stereocenters. The molecule has 96 valence electrons. The second kappa shape index (κ2) is 12.6. The van der Waals surface area contributed by atoms with E-state index in [1.165, 1.54) is 0 Å². The summed E-state index contributed by atoms with van der Waals surface area (Å²) in [6.07, 6.45) is 4.19. The average molecular weight is 253 g/mol. The fraction of sp³-hybridized carbons (Fsp3) is 0.889. The molecule has 0 heterocycles. The lowest BCUT2D eigenvalue weighted by Crippen LogP contribution is -1.98. The highest BCUT2D eigenvalue weighted by Gasteiger charge is 2.19. The molecule has 7 heteroatoms. The number of phosphoric ester groups is 1. The Balaban J connectivity index is 0. The first-order valence-corrected chi connectivity index (χ1v) is 6.69. The number of isocyanates is 1. The molecular weight excluding hydrogens is 233 g/mol. The van der Waals surface area contributed by atoms with Crippen molar-refractivity contribution < 1.29 is 23.3 Å². The maximum absolute atomic E-state index is 11.1. The summed E-state index contributed by atoms with van der Waals surface area (Å²) in [5.74, 6) is 0. The van der Waals surface area contributed by atoms with Gasteiger partial charge in [0.2, 0.25) is 6.08 Å². The topological polar surface area (TPSA) is 96.7 Å². The Morgan fingerprint density at radius 1 is 1.19 bits per heavy atom. The Kier molecular flexibility index (Phi) is 14.0. The van der Waals surface area contributed by atoms with Crippen LogP contribution in [0, 0.1) is 5.41 Å². The van der Waals surface area contributed by atoms with Crippen molar-refractivity contribution in [3.05, 3.63) is 0 Å². The van der Waals surface area contributed by atoms with E-state index < -0.39 is 7.82 Å². The Hall–Kier alpha value is -0.510. The van der Waals surface area contributed by atoms with Crippen LogP contribution in [0.4, 0.5) is 0 Å². The standard InChI is InChI=1S/C8H19O4P.CHNO/c1-3-5-7-11-13(9,10)12-8-6-4-2;2-1-3/h3-8H2,1-2H3,(H,9,10);2H. The lowest BCUT2D eigenvalue weighted by atomic mass is 10.4. The van der Waals surface area contributed by atoms with Gasteiger partial charge in [-0.05, 0) is 12.8 Å². The minimum Gasteiger partial charge on any atom is -0.302 e. The van der Waals surface area contributed by atoms with Crippen molar-refractivity contribution in [3.8, 4) is 0 Å². The van der Waals surface area contributed by atoms with Crippen molar-refractivity contribution >= 4 is 13.9 Å². The van der Waals surface area contributed by atoms with Crippen LogP contribution in [0.15, 0.2) is 0 Å². The average Bonchev–Trinajstić information content (AvgIpc) is 2.19. The molecule has 0 saturated carbocycles. The molecule has 0 aliphatic heterocycles. The maximum Gasteiger partial charge on any atom is 0.472 e. The molecule has 0 aromatic rings. The monoisotopic (exact) mass is 253 g/mol. The van der Waals surface area contributed by atoms with Crippen LogP contribution in [-0.2, 0) is 18.4 Å². The van der Waals surface area contributed by atoms with E-state index in [4.69, 9.17) is 24.1 Å². The van der Waals surface area contributed by atoms with Crippen molar-refractivity contribution in [2.24, 2.45) is 0 Å². The molecule has 6 nitrogen and oxygen atoms in total. The third-order valence-corrected chi connectivity index (χ3v) is 2.52. The highest BCUT2D eigenvalue weighted by atomic mass is 31.2. The molecule has 0 fully saturated rings. The summed E-state index contributed by atoms with van der Waals surface area (Å²) in [5, 5.41) is 5.40. The number of unbranched alkanes of at least 4 members (excludes halogenated alkanes) is 2. The van der Waals surface area contributed by atoms with Gasteiger partial charge in [0.15, 0.2) is 0 Å². The lowest BCUT2D eigenvalue weighted by Gasteiger charge is -2.10. The minimum absolute atomic E-state index is 0.288. The minimum atomic E-state index is -3.75. The van der Waals surface area contributed by atoms with Crippen LogP contribution in [0.5, 0.6) is 0 Å². The molecule has 0 bridgehead atoms. The van der Waals surface area contributed by atoms with Crippen LogP contribution in [0.25, 0.3) is 0 Å². The molecule has 0 aliphatic rings. The van der Waals surface area contributed by atoms with Gasteiger partial charge in [-0.1, -0.05) is 26.7 Å². The van der Waals surface area contributed by atoms with E-state index in [0.717, 1.165) is 31.8 Å². The Morgan fingerprint density at radius 2 is 1.50 bits per heavy atom. The van der Waals surface area contributed by atoms with Gasteiger partial charge >= 0.3 is 7.82 Å². The van der Waals surface area contributed by atoms with Crippen LogP contribution in [0.1, 0.15) is 39.5 Å². The zero-order chi connectivity index (χ0) is 12.9. The Morgan fingerprint density at radius 3 is 1.75 bits per heavy atom. The highest BCUT2D eigenvalue weighted by Crippen LogP contribution is 2.43. The van der Waals surface area contributed by atoms with Gasteiger partial charge in [0, 0.05) is 0 Å². The van der Waals surface area contributed by atoms with Gasteiger partial charge in [-0.25, -0.2) is 14.8 Å². The smallest absolute Gasteiger partial charge is 0.302 e. The molecule has 0 aliphatic carbocycles. The predicted molar refractivity (Wildman–Crippen MR) is 60.0 cm³/mol. The molecule has 0 radical (unpaired) electrons. The van der Waals surface area contributed by atoms with Crippen molar-refractivity contribution in [3.63, 3.8) is 0 Å². The first-order valence-electron chi connectivity index (χ1n) is 5.19. The SMILES string of the molecule is CCCCOP(=O)(O)OCCCC.N=C=O. The van der Waals surface area contributed by atoms with E-state index >= 15 is 0 Å². The van der Waals surface area contributed by atoms with E-state index in [1.54, 1.807) is 0 Å². The van der Waals surface area contributed by atoms with Crippen molar-refractivity contribution in [2.45, 2.75) is 39.5 Å². The molecule has 16 heavy (non-hydrogen) atoms. The molecule has 0 aromatic carbocycles. The van der Waals surface area contributed by atoms with Gasteiger partial charge in [-0.3, -0.25) is 9.05 Å². The van der Waals surface area contributed by atoms with Gasteiger partial charge in [-0.15, -0.1) is 0 Å². The molecule has 0 rings (SSSR count). The van der Waals surface area contributed by atoms with Gasteiger partial charge in [0.1, 0.15) is 0 Å². The van der Waals surface area contributed by atoms with Crippen LogP contribution in [0.2, 0.25) is 0 Å². The summed E-state index contributed by atoms with van der Waals surface area (Å²) >= 11 is 0. The molecule has 2 N–H and O–H groups in total. The van der Waals surface area contributed by atoms with E-state index in [2.05, 4.69) is 0 Å². The predicted octanol–water partition coefficient (Wildman–Crippen LogP) is 2.62. The molecule has 0 atom stereocenters. The first kappa shape index (κ1) is 17.9. The van der Waals surface area contributed by atoms with Crippen molar-refractivity contribution in [1.82, 2.24) is 0 Å². The van der Waals surface area contributed by atoms with Crippen LogP contribution >= 0.6 is 7.82 Å². The largest absolute Gasteiger partial charge is 0.472 e. The third-order valence-electron chi connectivity index (χ3n) is 1.50. The lowest BCUT2D eigenvalue weighted by molar-refractivity contribution is 0.146. The fourth-order valence-corrected chi connectivity index (χ4v) is 1.48. The van der Waals surface area contributed by atoms with E-state index in [-0.39, 0.29) is 13.2 Å². The van der Waals surface area contributed by atoms with Crippen LogP contribution in [-0.4, -0.2) is 24.2 Å². The van der Waals surface area contributed by atoms with Gasteiger partial charge < -0.3 is 4.89 Å². The van der Waals surface area contributed by atoms with E-state index in [9.17, 15) is 4.57 Å². The third kappa shape index (κ3) is 15.9. The summed E-state index contributed by atoms with van der Waals surface area (Å²) in [6, 6.07) is 0. The number of hydrogen-bond donors (Lipinski definition) is 2. The molecular formula is C9H20NO5P. The van der Waals surface area contributed by atoms with Gasteiger partial charge in [0.05, 0.1) is 13.2 Å². The van der Waals surface area contributed by atoms with Crippen LogP contribution < -0.4 is 0 Å². The number of hydrogen-bond acceptors (Lipinski definition) is 5. The second-order valence-electron chi connectivity index (χ2n) is 2.94. The highest BCUT2D eigenvalue weighted by molar-refractivity contribution is 7.47. The zero-order valence-corrected chi connectivity index (χ0v) is 10.7. The summed E-state index contributed by atoms with van der Waals surface area (Å²) in [7, 11) is -3.75.